The maximum Gasteiger partial charge on any atom is 0.315 e. The molecule has 2 rings (SSSR count). The zero-order chi connectivity index (χ0) is 24.4. The summed E-state index contributed by atoms with van der Waals surface area (Å²) in [5, 5.41) is 0. The Morgan fingerprint density at radius 2 is 1.55 bits per heavy atom. The largest absolute Gasteiger partial charge is 0.496 e. The van der Waals surface area contributed by atoms with E-state index in [0.29, 0.717) is 29.0 Å². The third kappa shape index (κ3) is 6.42. The number of hydrogen-bond donors (Lipinski definition) is 0. The van der Waals surface area contributed by atoms with Gasteiger partial charge >= 0.3 is 5.97 Å². The summed E-state index contributed by atoms with van der Waals surface area (Å²) in [6.07, 6.45) is 3.68. The van der Waals surface area contributed by atoms with Gasteiger partial charge in [0.05, 0.1) is 37.9 Å². The smallest absolute Gasteiger partial charge is 0.315 e. The molecule has 33 heavy (non-hydrogen) atoms. The van der Waals surface area contributed by atoms with Gasteiger partial charge in [0.25, 0.3) is 0 Å². The minimum atomic E-state index is -0.859. The summed E-state index contributed by atoms with van der Waals surface area (Å²) in [4.78, 5) is 37.2. The van der Waals surface area contributed by atoms with Crippen LogP contribution in [0.3, 0.4) is 0 Å². The first-order valence-electron chi connectivity index (χ1n) is 10.9. The van der Waals surface area contributed by atoms with E-state index in [9.17, 15) is 14.4 Å². The fourth-order valence-corrected chi connectivity index (χ4v) is 3.88. The van der Waals surface area contributed by atoms with Crippen molar-refractivity contribution >= 4 is 18.5 Å². The van der Waals surface area contributed by atoms with Crippen molar-refractivity contribution in [3.63, 3.8) is 0 Å². The topological polar surface area (TPSA) is 82.1 Å². The second-order valence-corrected chi connectivity index (χ2v) is 8.25. The predicted molar refractivity (Wildman–Crippen MR) is 127 cm³/mol. The van der Waals surface area contributed by atoms with Gasteiger partial charge in [-0.3, -0.25) is 14.4 Å². The van der Waals surface area contributed by atoms with E-state index >= 15 is 0 Å². The maximum absolute atomic E-state index is 12.7. The van der Waals surface area contributed by atoms with E-state index < -0.39 is 5.41 Å². The van der Waals surface area contributed by atoms with Crippen LogP contribution < -0.4 is 9.47 Å². The van der Waals surface area contributed by atoms with Crippen LogP contribution in [0.15, 0.2) is 36.4 Å². The Hall–Kier alpha value is -3.19. The van der Waals surface area contributed by atoms with Gasteiger partial charge in [-0.15, -0.1) is 0 Å². The molecule has 2 aromatic carbocycles. The van der Waals surface area contributed by atoms with Crippen LogP contribution >= 0.6 is 0 Å². The third-order valence-corrected chi connectivity index (χ3v) is 6.06. The Bertz CT molecular complexity index is 973. The minimum Gasteiger partial charge on any atom is -0.496 e. The van der Waals surface area contributed by atoms with Gasteiger partial charge in [0.1, 0.15) is 11.5 Å². The number of hydrogen-bond acceptors (Lipinski definition) is 7. The van der Waals surface area contributed by atoms with Crippen LogP contribution in [0.1, 0.15) is 51.6 Å². The highest BCUT2D eigenvalue weighted by Gasteiger charge is 2.36. The van der Waals surface area contributed by atoms with Crippen LogP contribution in [-0.4, -0.2) is 64.9 Å². The van der Waals surface area contributed by atoms with E-state index in [-0.39, 0.29) is 5.97 Å². The van der Waals surface area contributed by atoms with E-state index in [1.807, 2.05) is 26.1 Å². The molecule has 0 amide bonds. The van der Waals surface area contributed by atoms with E-state index in [1.165, 1.54) is 14.2 Å². The second kappa shape index (κ2) is 12.2. The lowest BCUT2D eigenvalue weighted by atomic mass is 9.78. The quantitative estimate of drug-likeness (QED) is 0.336. The number of esters is 1. The standard InChI is InChI=1S/C26H33NO6/c1-26(25(30)33-5,22-10-9-21(18-29)24(16-22)32-4)12-6-13-27(2)14-11-19-7-8-20(17-28)23(15-19)31-3/h7-10,15-18H,6,11-14H2,1-5H3. The average Bonchev–Trinajstić information content (AvgIpc) is 2.85. The zero-order valence-corrected chi connectivity index (χ0v) is 20.1. The Balaban J connectivity index is 2.02. The lowest BCUT2D eigenvalue weighted by molar-refractivity contribution is -0.147. The molecule has 0 N–H and O–H groups in total. The van der Waals surface area contributed by atoms with Crippen molar-refractivity contribution in [2.45, 2.75) is 31.6 Å². The van der Waals surface area contributed by atoms with Gasteiger partial charge in [0, 0.05) is 6.54 Å². The Morgan fingerprint density at radius 3 is 2.12 bits per heavy atom. The lowest BCUT2D eigenvalue weighted by Gasteiger charge is -2.29. The Morgan fingerprint density at radius 1 is 0.939 bits per heavy atom. The first-order valence-corrected chi connectivity index (χ1v) is 10.9. The molecule has 0 saturated carbocycles. The number of likely N-dealkylation sites (N-methyl/N-ethyl adjacent to an activating group) is 1. The molecular weight excluding hydrogens is 422 g/mol. The van der Waals surface area contributed by atoms with Crippen LogP contribution in [0.4, 0.5) is 0 Å². The van der Waals surface area contributed by atoms with Gasteiger partial charge in [-0.2, -0.15) is 0 Å². The van der Waals surface area contributed by atoms with Crippen LogP contribution in [0.25, 0.3) is 0 Å². The van der Waals surface area contributed by atoms with E-state index in [0.717, 1.165) is 49.6 Å². The van der Waals surface area contributed by atoms with Gasteiger partial charge in [0.15, 0.2) is 12.6 Å². The molecule has 0 saturated heterocycles. The Labute approximate surface area is 195 Å². The lowest BCUT2D eigenvalue weighted by Crippen LogP contribution is -2.35. The molecule has 1 unspecified atom stereocenters. The summed E-state index contributed by atoms with van der Waals surface area (Å²) in [6, 6.07) is 10.8. The molecule has 0 aliphatic rings. The SMILES string of the molecule is COC(=O)C(C)(CCCN(C)CCc1ccc(C=O)c(OC)c1)c1ccc(C=O)c(OC)c1. The van der Waals surface area contributed by atoms with Gasteiger partial charge in [0.2, 0.25) is 0 Å². The zero-order valence-electron chi connectivity index (χ0n) is 20.1. The molecule has 178 valence electrons. The fraction of sp³-hybridized carbons (Fsp3) is 0.423. The highest BCUT2D eigenvalue weighted by molar-refractivity contribution is 5.84. The molecule has 0 aliphatic heterocycles. The van der Waals surface area contributed by atoms with Crippen LogP contribution in [0.2, 0.25) is 0 Å². The Kier molecular flexibility index (Phi) is 9.60. The number of aldehydes is 2. The molecule has 0 aromatic heterocycles. The molecule has 0 spiro atoms. The number of carbonyl (C=O) groups is 3. The molecule has 0 fully saturated rings. The summed E-state index contributed by atoms with van der Waals surface area (Å²) in [5.41, 5.74) is 1.95. The van der Waals surface area contributed by atoms with E-state index in [4.69, 9.17) is 14.2 Å². The number of carbonyl (C=O) groups excluding carboxylic acids is 3. The first-order chi connectivity index (χ1) is 15.8. The molecule has 0 heterocycles. The molecule has 7 heteroatoms. The number of methoxy groups -OCH3 is 3. The molecule has 7 nitrogen and oxygen atoms in total. The highest BCUT2D eigenvalue weighted by Crippen LogP contribution is 2.34. The summed E-state index contributed by atoms with van der Waals surface area (Å²) >= 11 is 0. The van der Waals surface area contributed by atoms with E-state index in [1.54, 1.807) is 31.4 Å². The van der Waals surface area contributed by atoms with Gasteiger partial charge in [-0.05, 0) is 75.2 Å². The van der Waals surface area contributed by atoms with Crippen LogP contribution in [0, 0.1) is 0 Å². The monoisotopic (exact) mass is 455 g/mol. The number of rotatable bonds is 13. The number of benzene rings is 2. The summed E-state index contributed by atoms with van der Waals surface area (Å²) in [7, 11) is 6.47. The number of ether oxygens (including phenoxy) is 3. The van der Waals surface area contributed by atoms with Crippen molar-refractivity contribution in [1.82, 2.24) is 4.90 Å². The molecule has 2 aromatic rings. The molecule has 0 bridgehead atoms. The molecular formula is C26H33NO6. The normalized spacial score (nSPS) is 12.7. The van der Waals surface area contributed by atoms with Gasteiger partial charge < -0.3 is 19.1 Å². The van der Waals surface area contributed by atoms with Crippen molar-refractivity contribution < 1.29 is 28.6 Å². The first kappa shape index (κ1) is 26.1. The summed E-state index contributed by atoms with van der Waals surface area (Å²) in [6.45, 7) is 3.47. The van der Waals surface area contributed by atoms with Crippen molar-refractivity contribution in [1.29, 1.82) is 0 Å². The minimum absolute atomic E-state index is 0.326. The van der Waals surface area contributed by atoms with Crippen molar-refractivity contribution in [3.05, 3.63) is 58.7 Å². The van der Waals surface area contributed by atoms with Crippen LogP contribution in [0.5, 0.6) is 11.5 Å². The summed E-state index contributed by atoms with van der Waals surface area (Å²) < 4.78 is 15.7. The van der Waals surface area contributed by atoms with Gasteiger partial charge in [-0.25, -0.2) is 0 Å². The van der Waals surface area contributed by atoms with Gasteiger partial charge in [-0.1, -0.05) is 12.1 Å². The molecule has 0 radical (unpaired) electrons. The van der Waals surface area contributed by atoms with Crippen molar-refractivity contribution in [3.8, 4) is 11.5 Å². The van der Waals surface area contributed by atoms with Crippen LogP contribution in [-0.2, 0) is 21.4 Å². The average molecular weight is 456 g/mol. The van der Waals surface area contributed by atoms with Crippen molar-refractivity contribution in [2.75, 3.05) is 41.5 Å². The maximum atomic E-state index is 12.7. The third-order valence-electron chi connectivity index (χ3n) is 6.06. The van der Waals surface area contributed by atoms with E-state index in [2.05, 4.69) is 4.90 Å². The fourth-order valence-electron chi connectivity index (χ4n) is 3.88. The van der Waals surface area contributed by atoms with Crippen molar-refractivity contribution in [2.24, 2.45) is 0 Å². The summed E-state index contributed by atoms with van der Waals surface area (Å²) in [5.74, 6) is 0.689. The second-order valence-electron chi connectivity index (χ2n) is 8.25. The molecule has 0 aliphatic carbocycles. The number of nitrogens with zero attached hydrogens (tertiary/aromatic N) is 1. The highest BCUT2D eigenvalue weighted by atomic mass is 16.5. The molecule has 1 atom stereocenters. The predicted octanol–water partition coefficient (Wildman–Crippen LogP) is 3.71.